The van der Waals surface area contributed by atoms with E-state index in [1.807, 2.05) is 32.0 Å². The Morgan fingerprint density at radius 1 is 1.13 bits per heavy atom. The van der Waals surface area contributed by atoms with Crippen LogP contribution in [0.3, 0.4) is 0 Å². The molecule has 0 fully saturated rings. The van der Waals surface area contributed by atoms with Gasteiger partial charge in [-0.25, -0.2) is 0 Å². The summed E-state index contributed by atoms with van der Waals surface area (Å²) in [6, 6.07) is 5.49. The average Bonchev–Trinajstić information content (AvgIpc) is 2.21. The summed E-state index contributed by atoms with van der Waals surface area (Å²) in [6.45, 7) is 6.77. The molecule has 0 aliphatic carbocycles. The predicted octanol–water partition coefficient (Wildman–Crippen LogP) is 2.54. The second-order valence-electron chi connectivity index (χ2n) is 3.25. The maximum atomic E-state index is 9.44. The first-order valence-corrected chi connectivity index (χ1v) is 5.26. The molecule has 3 nitrogen and oxygen atoms in total. The lowest BCUT2D eigenvalue weighted by atomic mass is 10.1. The minimum absolute atomic E-state index is 0.486. The molecule has 0 saturated heterocycles. The fourth-order valence-corrected chi connectivity index (χ4v) is 1.33. The molecule has 0 aliphatic rings. The third-order valence-corrected chi connectivity index (χ3v) is 2.05. The van der Waals surface area contributed by atoms with Gasteiger partial charge < -0.3 is 14.6 Å². The Balaban J connectivity index is 2.97. The maximum Gasteiger partial charge on any atom is 0.161 e. The van der Waals surface area contributed by atoms with Crippen LogP contribution in [0.2, 0.25) is 0 Å². The summed E-state index contributed by atoms with van der Waals surface area (Å²) >= 11 is 0. The molecule has 15 heavy (non-hydrogen) atoms. The average molecular weight is 210 g/mol. The number of ether oxygens (including phenoxy) is 2. The van der Waals surface area contributed by atoms with Gasteiger partial charge in [-0.15, -0.1) is 0 Å². The summed E-state index contributed by atoms with van der Waals surface area (Å²) in [5, 5.41) is 9.44. The predicted molar refractivity (Wildman–Crippen MR) is 59.4 cm³/mol. The summed E-state index contributed by atoms with van der Waals surface area (Å²) in [6.07, 6.45) is -0.486. The monoisotopic (exact) mass is 210 g/mol. The van der Waals surface area contributed by atoms with Crippen molar-refractivity contribution in [3.8, 4) is 11.5 Å². The fourth-order valence-electron chi connectivity index (χ4n) is 1.33. The van der Waals surface area contributed by atoms with E-state index in [1.165, 1.54) is 0 Å². The third kappa shape index (κ3) is 3.13. The van der Waals surface area contributed by atoms with Crippen molar-refractivity contribution < 1.29 is 14.6 Å². The zero-order valence-corrected chi connectivity index (χ0v) is 9.49. The zero-order chi connectivity index (χ0) is 11.3. The van der Waals surface area contributed by atoms with Crippen molar-refractivity contribution in [3.63, 3.8) is 0 Å². The molecule has 0 saturated carbocycles. The molecule has 0 aromatic heterocycles. The van der Waals surface area contributed by atoms with E-state index in [1.54, 1.807) is 6.92 Å². The Hall–Kier alpha value is -1.22. The SMILES string of the molecule is CCOc1ccc(C(C)O)cc1OCC. The smallest absolute Gasteiger partial charge is 0.161 e. The number of rotatable bonds is 5. The molecule has 1 aromatic carbocycles. The van der Waals surface area contributed by atoms with E-state index in [2.05, 4.69) is 0 Å². The van der Waals surface area contributed by atoms with Crippen LogP contribution in [-0.4, -0.2) is 18.3 Å². The largest absolute Gasteiger partial charge is 0.490 e. The molecule has 0 radical (unpaired) electrons. The van der Waals surface area contributed by atoms with Crippen LogP contribution in [0, 0.1) is 0 Å². The van der Waals surface area contributed by atoms with Crippen molar-refractivity contribution in [3.05, 3.63) is 23.8 Å². The van der Waals surface area contributed by atoms with E-state index in [4.69, 9.17) is 9.47 Å². The molecule has 0 heterocycles. The van der Waals surface area contributed by atoms with E-state index < -0.39 is 6.10 Å². The Morgan fingerprint density at radius 2 is 1.73 bits per heavy atom. The number of aliphatic hydroxyl groups excluding tert-OH is 1. The molecule has 0 bridgehead atoms. The van der Waals surface area contributed by atoms with Gasteiger partial charge >= 0.3 is 0 Å². The first kappa shape index (κ1) is 11.9. The van der Waals surface area contributed by atoms with E-state index in [-0.39, 0.29) is 0 Å². The minimum Gasteiger partial charge on any atom is -0.490 e. The van der Waals surface area contributed by atoms with Crippen LogP contribution in [0.1, 0.15) is 32.4 Å². The lowest BCUT2D eigenvalue weighted by Crippen LogP contribution is -2.00. The molecule has 84 valence electrons. The van der Waals surface area contributed by atoms with Crippen LogP contribution in [-0.2, 0) is 0 Å². The van der Waals surface area contributed by atoms with Crippen LogP contribution in [0.4, 0.5) is 0 Å². The Kier molecular flexibility index (Phi) is 4.43. The van der Waals surface area contributed by atoms with E-state index >= 15 is 0 Å². The van der Waals surface area contributed by atoms with Crippen molar-refractivity contribution in [2.24, 2.45) is 0 Å². The van der Waals surface area contributed by atoms with Crippen molar-refractivity contribution in [1.82, 2.24) is 0 Å². The highest BCUT2D eigenvalue weighted by Crippen LogP contribution is 2.30. The quantitative estimate of drug-likeness (QED) is 0.811. The minimum atomic E-state index is -0.486. The van der Waals surface area contributed by atoms with Gasteiger partial charge in [-0.3, -0.25) is 0 Å². The molecule has 1 aromatic rings. The number of aliphatic hydroxyl groups is 1. The molecule has 0 spiro atoms. The topological polar surface area (TPSA) is 38.7 Å². The first-order chi connectivity index (χ1) is 7.19. The van der Waals surface area contributed by atoms with Crippen LogP contribution in [0.5, 0.6) is 11.5 Å². The second kappa shape index (κ2) is 5.61. The highest BCUT2D eigenvalue weighted by molar-refractivity contribution is 5.43. The molecule has 0 aliphatic heterocycles. The Bertz CT molecular complexity index is 308. The Labute approximate surface area is 90.6 Å². The van der Waals surface area contributed by atoms with Gasteiger partial charge in [0.25, 0.3) is 0 Å². The zero-order valence-electron chi connectivity index (χ0n) is 9.49. The van der Waals surface area contributed by atoms with Gasteiger partial charge in [0, 0.05) is 0 Å². The number of hydrogen-bond acceptors (Lipinski definition) is 3. The fraction of sp³-hybridized carbons (Fsp3) is 0.500. The van der Waals surface area contributed by atoms with E-state index in [0.29, 0.717) is 19.0 Å². The molecule has 0 amide bonds. The second-order valence-corrected chi connectivity index (χ2v) is 3.25. The van der Waals surface area contributed by atoms with Crippen molar-refractivity contribution in [1.29, 1.82) is 0 Å². The van der Waals surface area contributed by atoms with Crippen LogP contribution >= 0.6 is 0 Å². The lowest BCUT2D eigenvalue weighted by Gasteiger charge is -2.13. The van der Waals surface area contributed by atoms with Gasteiger partial charge in [-0.05, 0) is 38.5 Å². The summed E-state index contributed by atoms with van der Waals surface area (Å²) in [5.41, 5.74) is 0.835. The summed E-state index contributed by atoms with van der Waals surface area (Å²) < 4.78 is 10.9. The molecule has 3 heteroatoms. The summed E-state index contributed by atoms with van der Waals surface area (Å²) in [7, 11) is 0. The van der Waals surface area contributed by atoms with Gasteiger partial charge in [-0.2, -0.15) is 0 Å². The molecule has 1 atom stereocenters. The van der Waals surface area contributed by atoms with Gasteiger partial charge in [-0.1, -0.05) is 6.07 Å². The normalized spacial score (nSPS) is 12.3. The molecular formula is C12H18O3. The standard InChI is InChI=1S/C12H18O3/c1-4-14-11-7-6-10(9(3)13)8-12(11)15-5-2/h6-9,13H,4-5H2,1-3H3. The van der Waals surface area contributed by atoms with E-state index in [0.717, 1.165) is 11.3 Å². The van der Waals surface area contributed by atoms with Crippen molar-refractivity contribution in [2.45, 2.75) is 26.9 Å². The molecular weight excluding hydrogens is 192 g/mol. The molecule has 1 N–H and O–H groups in total. The van der Waals surface area contributed by atoms with Gasteiger partial charge in [0.1, 0.15) is 0 Å². The van der Waals surface area contributed by atoms with E-state index in [9.17, 15) is 5.11 Å². The molecule has 1 rings (SSSR count). The maximum absolute atomic E-state index is 9.44. The number of benzene rings is 1. The van der Waals surface area contributed by atoms with Gasteiger partial charge in [0.2, 0.25) is 0 Å². The Morgan fingerprint density at radius 3 is 2.27 bits per heavy atom. The van der Waals surface area contributed by atoms with Crippen LogP contribution < -0.4 is 9.47 Å². The number of hydrogen-bond donors (Lipinski definition) is 1. The summed E-state index contributed by atoms with van der Waals surface area (Å²) in [5.74, 6) is 1.42. The third-order valence-electron chi connectivity index (χ3n) is 2.05. The van der Waals surface area contributed by atoms with Crippen LogP contribution in [0.15, 0.2) is 18.2 Å². The highest BCUT2D eigenvalue weighted by Gasteiger charge is 2.08. The first-order valence-electron chi connectivity index (χ1n) is 5.26. The van der Waals surface area contributed by atoms with Gasteiger partial charge in [0.05, 0.1) is 19.3 Å². The van der Waals surface area contributed by atoms with Gasteiger partial charge in [0.15, 0.2) is 11.5 Å². The highest BCUT2D eigenvalue weighted by atomic mass is 16.5. The van der Waals surface area contributed by atoms with Crippen molar-refractivity contribution >= 4 is 0 Å². The van der Waals surface area contributed by atoms with Crippen LogP contribution in [0.25, 0.3) is 0 Å². The lowest BCUT2D eigenvalue weighted by molar-refractivity contribution is 0.198. The van der Waals surface area contributed by atoms with Crippen molar-refractivity contribution in [2.75, 3.05) is 13.2 Å². The summed E-state index contributed by atoms with van der Waals surface area (Å²) in [4.78, 5) is 0. The molecule has 1 unspecified atom stereocenters.